The summed E-state index contributed by atoms with van der Waals surface area (Å²) in [6, 6.07) is 26.6. The average molecular weight is 469 g/mol. The van der Waals surface area contributed by atoms with Gasteiger partial charge in [0.2, 0.25) is 0 Å². The van der Waals surface area contributed by atoms with Crippen molar-refractivity contribution in [3.63, 3.8) is 0 Å². The molecule has 0 aliphatic rings. The zero-order chi connectivity index (χ0) is 23.9. The van der Waals surface area contributed by atoms with Crippen LogP contribution >= 0.6 is 11.8 Å². The van der Waals surface area contributed by atoms with E-state index >= 15 is 0 Å². The highest BCUT2D eigenvalue weighted by Gasteiger charge is 2.23. The van der Waals surface area contributed by atoms with E-state index in [0.717, 1.165) is 16.3 Å². The Kier molecular flexibility index (Phi) is 7.34. The van der Waals surface area contributed by atoms with E-state index in [-0.39, 0.29) is 11.8 Å². The van der Waals surface area contributed by atoms with Crippen molar-refractivity contribution in [1.82, 2.24) is 15.3 Å². The van der Waals surface area contributed by atoms with E-state index in [1.165, 1.54) is 11.8 Å². The lowest BCUT2D eigenvalue weighted by atomic mass is 10.1. The molecule has 3 aromatic carbocycles. The molecular formula is C27H24N4O2S. The first-order chi connectivity index (χ1) is 16.5. The zero-order valence-corrected chi connectivity index (χ0v) is 19.7. The summed E-state index contributed by atoms with van der Waals surface area (Å²) in [4.78, 5) is 35.8. The molecule has 34 heavy (non-hydrogen) atoms. The van der Waals surface area contributed by atoms with E-state index in [2.05, 4.69) is 20.6 Å². The summed E-state index contributed by atoms with van der Waals surface area (Å²) in [5, 5.41) is 6.45. The van der Waals surface area contributed by atoms with Gasteiger partial charge in [0.15, 0.2) is 5.16 Å². The molecule has 0 saturated heterocycles. The van der Waals surface area contributed by atoms with E-state index < -0.39 is 6.04 Å². The number of hydrogen-bond donors (Lipinski definition) is 2. The van der Waals surface area contributed by atoms with E-state index in [4.69, 9.17) is 0 Å². The van der Waals surface area contributed by atoms with Crippen LogP contribution in [0.25, 0.3) is 0 Å². The van der Waals surface area contributed by atoms with Gasteiger partial charge in [-0.2, -0.15) is 0 Å². The number of anilines is 1. The molecule has 1 aromatic heterocycles. The number of amides is 2. The third-order valence-electron chi connectivity index (χ3n) is 5.00. The lowest BCUT2D eigenvalue weighted by Crippen LogP contribution is -2.37. The zero-order valence-electron chi connectivity index (χ0n) is 18.9. The molecule has 170 valence electrons. The van der Waals surface area contributed by atoms with Crippen LogP contribution in [0.3, 0.4) is 0 Å². The molecule has 4 aromatic rings. The van der Waals surface area contributed by atoms with Gasteiger partial charge in [-0.15, -0.1) is 0 Å². The molecule has 0 spiro atoms. The number of rotatable bonds is 7. The summed E-state index contributed by atoms with van der Waals surface area (Å²) in [6.45, 7) is 3.88. The minimum absolute atomic E-state index is 0.315. The Morgan fingerprint density at radius 1 is 0.794 bits per heavy atom. The van der Waals surface area contributed by atoms with Crippen LogP contribution < -0.4 is 10.6 Å². The Balaban J connectivity index is 1.48. The van der Waals surface area contributed by atoms with Gasteiger partial charge in [0, 0.05) is 27.5 Å². The highest BCUT2D eigenvalue weighted by atomic mass is 32.2. The first-order valence-electron chi connectivity index (χ1n) is 10.8. The monoisotopic (exact) mass is 468 g/mol. The summed E-state index contributed by atoms with van der Waals surface area (Å²) < 4.78 is 0. The Hall–Kier alpha value is -3.97. The molecule has 7 heteroatoms. The Morgan fingerprint density at radius 2 is 1.38 bits per heavy atom. The minimum atomic E-state index is -0.841. The molecule has 1 unspecified atom stereocenters. The molecule has 4 rings (SSSR count). The fourth-order valence-corrected chi connectivity index (χ4v) is 4.28. The summed E-state index contributed by atoms with van der Waals surface area (Å²) >= 11 is 1.46. The maximum Gasteiger partial charge on any atom is 0.252 e. The van der Waals surface area contributed by atoms with Crippen molar-refractivity contribution in [2.45, 2.75) is 29.9 Å². The van der Waals surface area contributed by atoms with E-state index in [1.807, 2.05) is 80.6 Å². The van der Waals surface area contributed by atoms with Crippen molar-refractivity contribution < 1.29 is 9.59 Å². The predicted octanol–water partition coefficient (Wildman–Crippen LogP) is 5.35. The fourth-order valence-electron chi connectivity index (χ4n) is 3.42. The van der Waals surface area contributed by atoms with Crippen molar-refractivity contribution in [2.24, 2.45) is 0 Å². The second-order valence-electron chi connectivity index (χ2n) is 7.73. The SMILES string of the molecule is Cc1cc(C)nc(Sc2ccc(NC(=O)C(NC(=O)c3ccccc3)c3ccccc3)cc2)n1. The first-order valence-corrected chi connectivity index (χ1v) is 11.6. The van der Waals surface area contributed by atoms with Gasteiger partial charge < -0.3 is 10.6 Å². The molecule has 1 heterocycles. The van der Waals surface area contributed by atoms with Crippen LogP contribution in [0.1, 0.15) is 33.4 Å². The molecule has 1 atom stereocenters. The van der Waals surface area contributed by atoms with Crippen LogP contribution in [0, 0.1) is 13.8 Å². The van der Waals surface area contributed by atoms with Gasteiger partial charge in [-0.1, -0.05) is 48.5 Å². The molecule has 2 N–H and O–H groups in total. The predicted molar refractivity (Wildman–Crippen MR) is 134 cm³/mol. The first kappa shape index (κ1) is 23.2. The van der Waals surface area contributed by atoms with Crippen molar-refractivity contribution in [3.8, 4) is 0 Å². The normalized spacial score (nSPS) is 11.5. The summed E-state index contributed by atoms with van der Waals surface area (Å²) in [5.74, 6) is -0.640. The molecule has 0 radical (unpaired) electrons. The number of aryl methyl sites for hydroxylation is 2. The quantitative estimate of drug-likeness (QED) is 0.357. The van der Waals surface area contributed by atoms with Crippen LogP contribution in [0.5, 0.6) is 0 Å². The third-order valence-corrected chi connectivity index (χ3v) is 5.87. The maximum absolute atomic E-state index is 13.2. The Morgan fingerprint density at radius 3 is 2.00 bits per heavy atom. The fraction of sp³-hybridized carbons (Fsp3) is 0.111. The average Bonchev–Trinajstić information content (AvgIpc) is 2.84. The number of benzene rings is 3. The number of carbonyl (C=O) groups is 2. The molecule has 0 bridgehead atoms. The second kappa shape index (κ2) is 10.8. The smallest absolute Gasteiger partial charge is 0.252 e. The van der Waals surface area contributed by atoms with Crippen molar-refractivity contribution in [1.29, 1.82) is 0 Å². The molecule has 0 fully saturated rings. The van der Waals surface area contributed by atoms with E-state index in [1.54, 1.807) is 24.3 Å². The number of aromatic nitrogens is 2. The molecule has 2 amide bonds. The van der Waals surface area contributed by atoms with Gasteiger partial charge in [0.25, 0.3) is 11.8 Å². The summed E-state index contributed by atoms with van der Waals surface area (Å²) in [7, 11) is 0. The van der Waals surface area contributed by atoms with Gasteiger partial charge in [0.1, 0.15) is 6.04 Å². The van der Waals surface area contributed by atoms with Gasteiger partial charge in [-0.3, -0.25) is 9.59 Å². The summed E-state index contributed by atoms with van der Waals surface area (Å²) in [5.41, 5.74) is 3.66. The highest BCUT2D eigenvalue weighted by molar-refractivity contribution is 7.99. The number of carbonyl (C=O) groups excluding carboxylic acids is 2. The topological polar surface area (TPSA) is 84.0 Å². The standard InChI is InChI=1S/C27H24N4O2S/c1-18-17-19(2)29-27(28-18)34-23-15-13-22(14-16-23)30-26(33)24(20-9-5-3-6-10-20)31-25(32)21-11-7-4-8-12-21/h3-17,24H,1-2H3,(H,30,33)(H,31,32). The molecule has 0 aliphatic heterocycles. The van der Waals surface area contributed by atoms with Gasteiger partial charge >= 0.3 is 0 Å². The van der Waals surface area contributed by atoms with Crippen LogP contribution in [0.2, 0.25) is 0 Å². The van der Waals surface area contributed by atoms with Crippen LogP contribution in [0.15, 0.2) is 101 Å². The second-order valence-corrected chi connectivity index (χ2v) is 8.77. The lowest BCUT2D eigenvalue weighted by molar-refractivity contribution is -0.118. The molecule has 6 nitrogen and oxygen atoms in total. The Bertz CT molecular complexity index is 1260. The van der Waals surface area contributed by atoms with Crippen molar-refractivity contribution in [2.75, 3.05) is 5.32 Å². The van der Waals surface area contributed by atoms with E-state index in [0.29, 0.717) is 22.0 Å². The summed E-state index contributed by atoms with van der Waals surface area (Å²) in [6.07, 6.45) is 0. The van der Waals surface area contributed by atoms with Crippen LogP contribution in [-0.4, -0.2) is 21.8 Å². The Labute approximate surface area is 202 Å². The van der Waals surface area contributed by atoms with Crippen molar-refractivity contribution in [3.05, 3.63) is 114 Å². The van der Waals surface area contributed by atoms with E-state index in [9.17, 15) is 9.59 Å². The van der Waals surface area contributed by atoms with Crippen LogP contribution in [0.4, 0.5) is 5.69 Å². The molecular weight excluding hydrogens is 444 g/mol. The van der Waals surface area contributed by atoms with Gasteiger partial charge in [-0.25, -0.2) is 9.97 Å². The number of nitrogens with one attached hydrogen (secondary N) is 2. The third kappa shape index (κ3) is 6.08. The molecule has 0 saturated carbocycles. The van der Waals surface area contributed by atoms with Crippen LogP contribution in [-0.2, 0) is 4.79 Å². The number of nitrogens with zero attached hydrogens (tertiary/aromatic N) is 2. The minimum Gasteiger partial charge on any atom is -0.336 e. The number of hydrogen-bond acceptors (Lipinski definition) is 5. The van der Waals surface area contributed by atoms with Crippen molar-refractivity contribution >= 4 is 29.3 Å². The van der Waals surface area contributed by atoms with Gasteiger partial charge in [0.05, 0.1) is 0 Å². The maximum atomic E-state index is 13.2. The molecule has 0 aliphatic carbocycles. The highest BCUT2D eigenvalue weighted by Crippen LogP contribution is 2.26. The lowest BCUT2D eigenvalue weighted by Gasteiger charge is -2.19. The largest absolute Gasteiger partial charge is 0.336 e. The van der Waals surface area contributed by atoms with Gasteiger partial charge in [-0.05, 0) is 73.6 Å².